The summed E-state index contributed by atoms with van der Waals surface area (Å²) < 4.78 is 0. The molecule has 0 aromatic heterocycles. The van der Waals surface area contributed by atoms with Crippen molar-refractivity contribution in [3.8, 4) is 0 Å². The van der Waals surface area contributed by atoms with E-state index in [1.165, 1.54) is 0 Å². The van der Waals surface area contributed by atoms with Crippen LogP contribution in [0.25, 0.3) is 0 Å². The molecule has 0 unspecified atom stereocenters. The summed E-state index contributed by atoms with van der Waals surface area (Å²) in [7, 11) is 0. The van der Waals surface area contributed by atoms with E-state index in [1.54, 1.807) is 0 Å². The Morgan fingerprint density at radius 1 is 1.33 bits per heavy atom. The molecule has 0 rings (SSSR count). The van der Waals surface area contributed by atoms with E-state index in [1.807, 2.05) is 19.1 Å². The summed E-state index contributed by atoms with van der Waals surface area (Å²) in [6, 6.07) is 0. The summed E-state index contributed by atoms with van der Waals surface area (Å²) in [6.07, 6.45) is 12.0. The molecule has 1 nitrogen and oxygen atoms in total. The molecule has 0 saturated heterocycles. The van der Waals surface area contributed by atoms with Crippen molar-refractivity contribution in [1.29, 1.82) is 0 Å². The average Bonchev–Trinajstić information content (AvgIpc) is 2.09. The molecule has 0 spiro atoms. The average molecular weight is 166 g/mol. The fourth-order valence-electron chi connectivity index (χ4n) is 0.971. The van der Waals surface area contributed by atoms with Crippen molar-refractivity contribution >= 4 is 6.29 Å². The van der Waals surface area contributed by atoms with Gasteiger partial charge in [-0.3, -0.25) is 0 Å². The van der Waals surface area contributed by atoms with Gasteiger partial charge in [-0.1, -0.05) is 31.2 Å². The number of allylic oxidation sites excluding steroid dienone is 4. The highest BCUT2D eigenvalue weighted by Crippen LogP contribution is 2.09. The van der Waals surface area contributed by atoms with Crippen LogP contribution >= 0.6 is 0 Å². The van der Waals surface area contributed by atoms with Gasteiger partial charge >= 0.3 is 0 Å². The van der Waals surface area contributed by atoms with E-state index in [0.717, 1.165) is 19.1 Å². The van der Waals surface area contributed by atoms with Crippen LogP contribution in [0.3, 0.4) is 0 Å². The molecule has 12 heavy (non-hydrogen) atoms. The largest absolute Gasteiger partial charge is 0.303 e. The van der Waals surface area contributed by atoms with Crippen LogP contribution in [-0.2, 0) is 4.79 Å². The zero-order valence-corrected chi connectivity index (χ0v) is 7.99. The van der Waals surface area contributed by atoms with Gasteiger partial charge in [0.1, 0.15) is 6.29 Å². The SMILES string of the molecule is C/C=C/C=C/C[C@H](C)CCC=O. The molecule has 0 N–H and O–H groups in total. The lowest BCUT2D eigenvalue weighted by molar-refractivity contribution is -0.108. The summed E-state index contributed by atoms with van der Waals surface area (Å²) in [5.41, 5.74) is 0. The number of hydrogen-bond acceptors (Lipinski definition) is 1. The number of carbonyl (C=O) groups is 1. The number of hydrogen-bond donors (Lipinski definition) is 0. The molecular weight excluding hydrogens is 148 g/mol. The Kier molecular flexibility index (Phi) is 7.66. The van der Waals surface area contributed by atoms with E-state index >= 15 is 0 Å². The van der Waals surface area contributed by atoms with Crippen molar-refractivity contribution in [3.05, 3.63) is 24.3 Å². The molecule has 0 aromatic carbocycles. The van der Waals surface area contributed by atoms with Crippen molar-refractivity contribution in [3.63, 3.8) is 0 Å². The van der Waals surface area contributed by atoms with Crippen LogP contribution in [0, 0.1) is 5.92 Å². The Morgan fingerprint density at radius 3 is 2.67 bits per heavy atom. The third-order valence-corrected chi connectivity index (χ3v) is 1.76. The standard InChI is InChI=1S/C11H18O/c1-3-4-5-6-8-11(2)9-7-10-12/h3-6,10-11H,7-9H2,1-2H3/b4-3+,6-5+/t11-/m0/s1. The van der Waals surface area contributed by atoms with Gasteiger partial charge in [-0.2, -0.15) is 0 Å². The fraction of sp³-hybridized carbons (Fsp3) is 0.545. The fourth-order valence-corrected chi connectivity index (χ4v) is 0.971. The first-order chi connectivity index (χ1) is 5.81. The van der Waals surface area contributed by atoms with Crippen molar-refractivity contribution in [1.82, 2.24) is 0 Å². The van der Waals surface area contributed by atoms with E-state index in [0.29, 0.717) is 12.3 Å². The molecule has 68 valence electrons. The first-order valence-electron chi connectivity index (χ1n) is 4.52. The molecule has 0 aliphatic heterocycles. The van der Waals surface area contributed by atoms with Crippen LogP contribution < -0.4 is 0 Å². The minimum Gasteiger partial charge on any atom is -0.303 e. The van der Waals surface area contributed by atoms with Crippen molar-refractivity contribution in [2.24, 2.45) is 5.92 Å². The Bertz CT molecular complexity index is 156. The highest BCUT2D eigenvalue weighted by atomic mass is 16.1. The molecule has 0 bridgehead atoms. The predicted octanol–water partition coefficient (Wildman–Crippen LogP) is 3.12. The molecule has 1 atom stereocenters. The Hall–Kier alpha value is -0.850. The van der Waals surface area contributed by atoms with Crippen LogP contribution in [0.1, 0.15) is 33.1 Å². The van der Waals surface area contributed by atoms with E-state index in [2.05, 4.69) is 19.1 Å². The highest BCUT2D eigenvalue weighted by Gasteiger charge is 1.97. The van der Waals surface area contributed by atoms with Crippen molar-refractivity contribution in [2.75, 3.05) is 0 Å². The molecule has 0 aliphatic rings. The smallest absolute Gasteiger partial charge is 0.120 e. The van der Waals surface area contributed by atoms with Crippen LogP contribution in [-0.4, -0.2) is 6.29 Å². The lowest BCUT2D eigenvalue weighted by atomic mass is 10.0. The Morgan fingerprint density at radius 2 is 2.08 bits per heavy atom. The molecule has 1 heteroatoms. The summed E-state index contributed by atoms with van der Waals surface area (Å²) in [4.78, 5) is 10.1. The number of rotatable bonds is 6. The van der Waals surface area contributed by atoms with Gasteiger partial charge in [0.25, 0.3) is 0 Å². The summed E-state index contributed by atoms with van der Waals surface area (Å²) in [6.45, 7) is 4.17. The Balaban J connectivity index is 3.41. The van der Waals surface area contributed by atoms with Crippen LogP contribution in [0.5, 0.6) is 0 Å². The lowest BCUT2D eigenvalue weighted by Gasteiger charge is -2.03. The zero-order valence-electron chi connectivity index (χ0n) is 7.99. The maximum Gasteiger partial charge on any atom is 0.120 e. The van der Waals surface area contributed by atoms with Gasteiger partial charge in [0.05, 0.1) is 0 Å². The van der Waals surface area contributed by atoms with Gasteiger partial charge in [0.2, 0.25) is 0 Å². The summed E-state index contributed by atoms with van der Waals surface area (Å²) in [5, 5.41) is 0. The van der Waals surface area contributed by atoms with Crippen molar-refractivity contribution < 1.29 is 4.79 Å². The third-order valence-electron chi connectivity index (χ3n) is 1.76. The van der Waals surface area contributed by atoms with E-state index in [4.69, 9.17) is 0 Å². The second kappa shape index (κ2) is 8.25. The summed E-state index contributed by atoms with van der Waals surface area (Å²) >= 11 is 0. The molecule has 0 amide bonds. The molecule has 0 fully saturated rings. The van der Waals surface area contributed by atoms with Gasteiger partial charge < -0.3 is 4.79 Å². The predicted molar refractivity (Wildman–Crippen MR) is 53.0 cm³/mol. The highest BCUT2D eigenvalue weighted by molar-refractivity contribution is 5.49. The van der Waals surface area contributed by atoms with E-state index < -0.39 is 0 Å². The molecule has 0 saturated carbocycles. The normalized spacial score (nSPS) is 14.2. The topological polar surface area (TPSA) is 17.1 Å². The van der Waals surface area contributed by atoms with Crippen LogP contribution in [0.2, 0.25) is 0 Å². The minimum atomic E-state index is 0.622. The van der Waals surface area contributed by atoms with Crippen LogP contribution in [0.15, 0.2) is 24.3 Å². The molecule has 0 heterocycles. The maximum absolute atomic E-state index is 10.1. The number of carbonyl (C=O) groups excluding carboxylic acids is 1. The van der Waals surface area contributed by atoms with Gasteiger partial charge in [-0.05, 0) is 25.7 Å². The second-order valence-electron chi connectivity index (χ2n) is 3.04. The van der Waals surface area contributed by atoms with Gasteiger partial charge in [-0.15, -0.1) is 0 Å². The third kappa shape index (κ3) is 7.26. The first-order valence-corrected chi connectivity index (χ1v) is 4.52. The zero-order chi connectivity index (χ0) is 9.23. The molecule has 0 radical (unpaired) electrons. The maximum atomic E-state index is 10.1. The Labute approximate surface area is 75.2 Å². The first kappa shape index (κ1) is 11.2. The van der Waals surface area contributed by atoms with E-state index in [-0.39, 0.29) is 0 Å². The van der Waals surface area contributed by atoms with Crippen molar-refractivity contribution in [2.45, 2.75) is 33.1 Å². The van der Waals surface area contributed by atoms with Gasteiger partial charge in [0.15, 0.2) is 0 Å². The quantitative estimate of drug-likeness (QED) is 0.437. The molecule has 0 aromatic rings. The van der Waals surface area contributed by atoms with Gasteiger partial charge in [0, 0.05) is 6.42 Å². The van der Waals surface area contributed by atoms with Crippen LogP contribution in [0.4, 0.5) is 0 Å². The van der Waals surface area contributed by atoms with E-state index in [9.17, 15) is 4.79 Å². The monoisotopic (exact) mass is 166 g/mol. The van der Waals surface area contributed by atoms with Gasteiger partial charge in [-0.25, -0.2) is 0 Å². The molecular formula is C11H18O. The lowest BCUT2D eigenvalue weighted by Crippen LogP contribution is -1.92. The second-order valence-corrected chi connectivity index (χ2v) is 3.04. The summed E-state index contributed by atoms with van der Waals surface area (Å²) in [5.74, 6) is 0.622. The number of aldehydes is 1. The molecule has 0 aliphatic carbocycles. The minimum absolute atomic E-state index is 0.622.